The first-order chi connectivity index (χ1) is 18.8. The number of rotatable bonds is 11. The average Bonchev–Trinajstić information content (AvgIpc) is 3.32. The van der Waals surface area contributed by atoms with Gasteiger partial charge in [-0.2, -0.15) is 0 Å². The van der Waals surface area contributed by atoms with Crippen molar-refractivity contribution in [3.8, 4) is 11.5 Å². The van der Waals surface area contributed by atoms with Crippen molar-refractivity contribution in [3.05, 3.63) is 82.0 Å². The normalized spacial score (nSPS) is 16.5. The molecular formula is C29H34N4O5S. The van der Waals surface area contributed by atoms with E-state index in [4.69, 9.17) is 19.2 Å². The van der Waals surface area contributed by atoms with Crippen molar-refractivity contribution in [2.45, 2.75) is 26.0 Å². The Kier molecular flexibility index (Phi) is 9.32. The van der Waals surface area contributed by atoms with Crippen LogP contribution in [0.4, 0.5) is 0 Å². The third kappa shape index (κ3) is 6.63. The Labute approximate surface area is 233 Å². The van der Waals surface area contributed by atoms with Gasteiger partial charge in [-0.25, -0.2) is 9.79 Å². The summed E-state index contributed by atoms with van der Waals surface area (Å²) >= 11 is 1.42. The highest BCUT2D eigenvalue weighted by atomic mass is 32.2. The summed E-state index contributed by atoms with van der Waals surface area (Å²) in [7, 11) is 7.08. The number of ether oxygens (including phenoxy) is 3. The first-order valence-corrected chi connectivity index (χ1v) is 13.5. The van der Waals surface area contributed by atoms with Crippen LogP contribution < -0.4 is 14.8 Å². The number of methoxy groups -OCH3 is 2. The Morgan fingerprint density at radius 2 is 1.87 bits per heavy atom. The quantitative estimate of drug-likeness (QED) is 0.419. The fourth-order valence-electron chi connectivity index (χ4n) is 4.42. The molecule has 1 N–H and O–H groups in total. The van der Waals surface area contributed by atoms with Crippen LogP contribution in [0.5, 0.6) is 11.5 Å². The molecular weight excluding hydrogens is 516 g/mol. The van der Waals surface area contributed by atoms with Crippen molar-refractivity contribution in [2.24, 2.45) is 4.99 Å². The lowest BCUT2D eigenvalue weighted by Crippen LogP contribution is -2.38. The van der Waals surface area contributed by atoms with Crippen LogP contribution in [-0.4, -0.2) is 68.2 Å². The molecule has 1 atom stereocenters. The van der Waals surface area contributed by atoms with Gasteiger partial charge in [0.15, 0.2) is 5.17 Å². The second-order valence-corrected chi connectivity index (χ2v) is 10.2. The van der Waals surface area contributed by atoms with E-state index in [0.29, 0.717) is 40.0 Å². The molecule has 2 aliphatic rings. The number of esters is 1. The largest absolute Gasteiger partial charge is 0.497 e. The molecule has 1 amide bonds. The molecule has 4 rings (SSSR count). The van der Waals surface area contributed by atoms with Crippen LogP contribution in [0, 0.1) is 0 Å². The standard InChI is InChI=1S/C29H34N4O5S/c1-19-26(28(35)38-17-20-9-7-6-8-10-20)27(23-16-22(36-4)11-12-24(23)37-5)33-21(18-39-29(33)31-19)15-25(34)30-13-14-32(2)3/h6-12,16,18,27H,13-15,17H2,1-5H3,(H,30,34). The molecule has 0 aliphatic carbocycles. The van der Waals surface area contributed by atoms with E-state index in [2.05, 4.69) is 5.32 Å². The van der Waals surface area contributed by atoms with Crippen molar-refractivity contribution in [2.75, 3.05) is 41.4 Å². The fourth-order valence-corrected chi connectivity index (χ4v) is 5.39. The summed E-state index contributed by atoms with van der Waals surface area (Å²) in [6.07, 6.45) is 0.133. The monoisotopic (exact) mass is 550 g/mol. The highest BCUT2D eigenvalue weighted by Gasteiger charge is 2.42. The first-order valence-electron chi connectivity index (χ1n) is 12.6. The van der Waals surface area contributed by atoms with Crippen LogP contribution in [-0.2, 0) is 20.9 Å². The van der Waals surface area contributed by atoms with E-state index in [0.717, 1.165) is 17.8 Å². The molecule has 0 aromatic heterocycles. The maximum Gasteiger partial charge on any atom is 0.338 e. The summed E-state index contributed by atoms with van der Waals surface area (Å²) in [6.45, 7) is 3.20. The van der Waals surface area contributed by atoms with Crippen molar-refractivity contribution in [1.29, 1.82) is 0 Å². The second-order valence-electron chi connectivity index (χ2n) is 9.39. The Balaban J connectivity index is 1.70. The topological polar surface area (TPSA) is 92.7 Å². The number of aliphatic imine (C=N–C) groups is 1. The predicted molar refractivity (Wildman–Crippen MR) is 152 cm³/mol. The molecule has 0 fully saturated rings. The van der Waals surface area contributed by atoms with E-state index >= 15 is 0 Å². The third-order valence-corrected chi connectivity index (χ3v) is 7.28. The lowest BCUT2D eigenvalue weighted by Gasteiger charge is -2.37. The third-order valence-electron chi connectivity index (χ3n) is 6.39. The Bertz CT molecular complexity index is 1310. The molecule has 10 heteroatoms. The van der Waals surface area contributed by atoms with E-state index in [1.165, 1.54) is 11.8 Å². The molecule has 2 aromatic rings. The van der Waals surface area contributed by atoms with Crippen LogP contribution in [0.15, 0.2) is 75.9 Å². The van der Waals surface area contributed by atoms with Crippen LogP contribution in [0.2, 0.25) is 0 Å². The first kappa shape index (κ1) is 28.3. The minimum atomic E-state index is -0.637. The number of allylic oxidation sites excluding steroid dienone is 1. The molecule has 206 valence electrons. The van der Waals surface area contributed by atoms with Gasteiger partial charge in [0.05, 0.1) is 38.0 Å². The number of benzene rings is 2. The maximum absolute atomic E-state index is 13.7. The number of amidine groups is 1. The molecule has 39 heavy (non-hydrogen) atoms. The number of hydrogen-bond acceptors (Lipinski definition) is 9. The smallest absolute Gasteiger partial charge is 0.338 e. The number of amides is 1. The van der Waals surface area contributed by atoms with E-state index in [9.17, 15) is 9.59 Å². The van der Waals surface area contributed by atoms with Gasteiger partial charge in [0.2, 0.25) is 5.91 Å². The summed E-state index contributed by atoms with van der Waals surface area (Å²) < 4.78 is 17.0. The highest BCUT2D eigenvalue weighted by molar-refractivity contribution is 8.16. The van der Waals surface area contributed by atoms with Crippen molar-refractivity contribution in [3.63, 3.8) is 0 Å². The van der Waals surface area contributed by atoms with Gasteiger partial charge < -0.3 is 29.3 Å². The number of likely N-dealkylation sites (N-methyl/N-ethyl adjacent to an activating group) is 1. The summed E-state index contributed by atoms with van der Waals surface area (Å²) in [5.41, 5.74) is 3.24. The van der Waals surface area contributed by atoms with Gasteiger partial charge in [0.25, 0.3) is 0 Å². The van der Waals surface area contributed by atoms with E-state index < -0.39 is 12.0 Å². The number of nitrogens with one attached hydrogen (secondary N) is 1. The molecule has 2 aromatic carbocycles. The van der Waals surface area contributed by atoms with Crippen molar-refractivity contribution < 1.29 is 23.8 Å². The lowest BCUT2D eigenvalue weighted by molar-refractivity contribution is -0.141. The van der Waals surface area contributed by atoms with Crippen LogP contribution in [0.3, 0.4) is 0 Å². The summed E-state index contributed by atoms with van der Waals surface area (Å²) in [6, 6.07) is 14.3. The van der Waals surface area contributed by atoms with Gasteiger partial charge in [-0.05, 0) is 50.2 Å². The number of carbonyl (C=O) groups excluding carboxylic acids is 2. The number of nitrogens with zero attached hydrogens (tertiary/aromatic N) is 3. The molecule has 1 unspecified atom stereocenters. The van der Waals surface area contributed by atoms with E-state index in [1.54, 1.807) is 27.2 Å². The van der Waals surface area contributed by atoms with Crippen LogP contribution >= 0.6 is 11.8 Å². The zero-order valence-corrected chi connectivity index (χ0v) is 23.7. The van der Waals surface area contributed by atoms with E-state index in [-0.39, 0.29) is 18.9 Å². The number of carbonyl (C=O) groups is 2. The zero-order chi connectivity index (χ0) is 27.9. The minimum absolute atomic E-state index is 0.110. The SMILES string of the molecule is COc1ccc(OC)c(C2C(C(=O)OCc3ccccc3)=C(C)N=C3SC=C(CC(=O)NCCN(C)C)N32)c1. The van der Waals surface area contributed by atoms with Crippen LogP contribution in [0.25, 0.3) is 0 Å². The van der Waals surface area contributed by atoms with Gasteiger partial charge in [-0.15, -0.1) is 0 Å². The van der Waals surface area contributed by atoms with Crippen molar-refractivity contribution >= 4 is 28.8 Å². The lowest BCUT2D eigenvalue weighted by atomic mass is 9.92. The Morgan fingerprint density at radius 3 is 2.56 bits per heavy atom. The van der Waals surface area contributed by atoms with Crippen molar-refractivity contribution in [1.82, 2.24) is 15.1 Å². The molecule has 2 heterocycles. The number of thioether (sulfide) groups is 1. The second kappa shape index (κ2) is 12.9. The van der Waals surface area contributed by atoms with Crippen LogP contribution in [0.1, 0.15) is 30.5 Å². The summed E-state index contributed by atoms with van der Waals surface area (Å²) in [5.74, 6) is 0.597. The molecule has 0 radical (unpaired) electrons. The van der Waals surface area contributed by atoms with Gasteiger partial charge in [0.1, 0.15) is 18.1 Å². The molecule has 9 nitrogen and oxygen atoms in total. The van der Waals surface area contributed by atoms with Gasteiger partial charge in [-0.3, -0.25) is 4.79 Å². The summed E-state index contributed by atoms with van der Waals surface area (Å²) in [4.78, 5) is 35.2. The molecule has 0 spiro atoms. The predicted octanol–water partition coefficient (Wildman–Crippen LogP) is 4.09. The van der Waals surface area contributed by atoms with Gasteiger partial charge >= 0.3 is 5.97 Å². The molecule has 2 aliphatic heterocycles. The summed E-state index contributed by atoms with van der Waals surface area (Å²) in [5, 5.41) is 5.56. The minimum Gasteiger partial charge on any atom is -0.497 e. The maximum atomic E-state index is 13.7. The number of hydrogen-bond donors (Lipinski definition) is 1. The Morgan fingerprint density at radius 1 is 1.10 bits per heavy atom. The molecule has 0 saturated carbocycles. The average molecular weight is 551 g/mol. The van der Waals surface area contributed by atoms with Gasteiger partial charge in [0, 0.05) is 24.4 Å². The molecule has 0 saturated heterocycles. The number of fused-ring (bicyclic) bond motifs is 1. The Hall–Kier alpha value is -3.76. The molecule has 0 bridgehead atoms. The zero-order valence-electron chi connectivity index (χ0n) is 22.9. The fraction of sp³-hybridized carbons (Fsp3) is 0.345. The van der Waals surface area contributed by atoms with E-state index in [1.807, 2.05) is 71.8 Å². The van der Waals surface area contributed by atoms with Gasteiger partial charge in [-0.1, -0.05) is 42.1 Å². The highest BCUT2D eigenvalue weighted by Crippen LogP contribution is 2.47.